The Balaban J connectivity index is 1.85. The number of hydrogen-bond acceptors (Lipinski definition) is 4. The van der Waals surface area contributed by atoms with Crippen molar-refractivity contribution in [1.82, 2.24) is 14.8 Å². The molecule has 1 fully saturated rings. The van der Waals surface area contributed by atoms with Crippen molar-refractivity contribution >= 4 is 11.3 Å². The van der Waals surface area contributed by atoms with Gasteiger partial charge in [0.25, 0.3) is 0 Å². The summed E-state index contributed by atoms with van der Waals surface area (Å²) in [6.45, 7) is 0.758. The maximum absolute atomic E-state index is 5.91. The van der Waals surface area contributed by atoms with Gasteiger partial charge in [-0.2, -0.15) is 5.10 Å². The summed E-state index contributed by atoms with van der Waals surface area (Å²) in [6.07, 6.45) is 4.71. The van der Waals surface area contributed by atoms with Gasteiger partial charge in [-0.05, 0) is 36.2 Å². The van der Waals surface area contributed by atoms with Gasteiger partial charge in [0, 0.05) is 13.5 Å². The van der Waals surface area contributed by atoms with E-state index in [0.717, 1.165) is 29.5 Å². The molecular formula is C13H18N4S. The highest BCUT2D eigenvalue weighted by Crippen LogP contribution is 2.42. The molecule has 2 N–H and O–H groups in total. The summed E-state index contributed by atoms with van der Waals surface area (Å²) < 4.78 is 1.91. The first-order valence-electron chi connectivity index (χ1n) is 6.36. The smallest absolute Gasteiger partial charge is 0.191 e. The topological polar surface area (TPSA) is 56.7 Å². The van der Waals surface area contributed by atoms with Crippen LogP contribution in [0.2, 0.25) is 0 Å². The highest BCUT2D eigenvalue weighted by molar-refractivity contribution is 7.13. The van der Waals surface area contributed by atoms with E-state index in [-0.39, 0.29) is 5.41 Å². The molecule has 0 aromatic carbocycles. The average molecular weight is 262 g/mol. The molecule has 1 aliphatic rings. The third-order valence-electron chi connectivity index (χ3n) is 3.98. The summed E-state index contributed by atoms with van der Waals surface area (Å²) in [4.78, 5) is 5.81. The summed E-state index contributed by atoms with van der Waals surface area (Å²) in [7, 11) is 1.97. The molecule has 2 aromatic heterocycles. The summed E-state index contributed by atoms with van der Waals surface area (Å²) in [5.74, 6) is 1.90. The molecule has 2 heterocycles. The van der Waals surface area contributed by atoms with Gasteiger partial charge >= 0.3 is 0 Å². The first-order chi connectivity index (χ1) is 8.72. The molecule has 0 spiro atoms. The predicted octanol–water partition coefficient (Wildman–Crippen LogP) is 2.22. The molecule has 1 aliphatic carbocycles. The van der Waals surface area contributed by atoms with Crippen LogP contribution in [-0.4, -0.2) is 21.3 Å². The van der Waals surface area contributed by atoms with Crippen LogP contribution in [0.5, 0.6) is 0 Å². The van der Waals surface area contributed by atoms with Crippen molar-refractivity contribution < 1.29 is 0 Å². The molecule has 0 radical (unpaired) electrons. The van der Waals surface area contributed by atoms with E-state index in [1.807, 2.05) is 17.8 Å². The highest BCUT2D eigenvalue weighted by atomic mass is 32.1. The molecule has 0 saturated heterocycles. The first kappa shape index (κ1) is 11.9. The zero-order valence-electron chi connectivity index (χ0n) is 10.6. The third-order valence-corrected chi connectivity index (χ3v) is 4.84. The van der Waals surface area contributed by atoms with Crippen molar-refractivity contribution in [2.75, 3.05) is 6.54 Å². The van der Waals surface area contributed by atoms with Crippen molar-refractivity contribution in [3.05, 3.63) is 23.3 Å². The molecule has 96 valence electrons. The average Bonchev–Trinajstić information content (AvgIpc) is 2.93. The standard InChI is InChI=1S/C13H18N4S/c1-17-11(8-13(9-14)5-3-6-13)15-12(16-17)10-4-2-7-18-10/h2,4,7H,3,5-6,8-9,14H2,1H3. The molecule has 0 aliphatic heterocycles. The van der Waals surface area contributed by atoms with E-state index in [9.17, 15) is 0 Å². The normalized spacial score (nSPS) is 17.7. The van der Waals surface area contributed by atoms with Gasteiger partial charge in [-0.1, -0.05) is 12.5 Å². The Kier molecular flexibility index (Phi) is 2.95. The van der Waals surface area contributed by atoms with Gasteiger partial charge in [-0.3, -0.25) is 4.68 Å². The van der Waals surface area contributed by atoms with Crippen LogP contribution in [0.4, 0.5) is 0 Å². The molecule has 3 rings (SSSR count). The highest BCUT2D eigenvalue weighted by Gasteiger charge is 2.37. The number of nitrogens with two attached hydrogens (primary N) is 1. The van der Waals surface area contributed by atoms with Crippen LogP contribution >= 0.6 is 11.3 Å². The van der Waals surface area contributed by atoms with E-state index >= 15 is 0 Å². The monoisotopic (exact) mass is 262 g/mol. The van der Waals surface area contributed by atoms with Crippen LogP contribution in [0.3, 0.4) is 0 Å². The number of aromatic nitrogens is 3. The SMILES string of the molecule is Cn1nc(-c2cccs2)nc1CC1(CN)CCC1. The van der Waals surface area contributed by atoms with Gasteiger partial charge in [0.1, 0.15) is 5.82 Å². The number of aryl methyl sites for hydroxylation is 1. The minimum Gasteiger partial charge on any atom is -0.330 e. The molecule has 4 nitrogen and oxygen atoms in total. The molecule has 0 atom stereocenters. The molecule has 0 amide bonds. The Labute approximate surface area is 111 Å². The van der Waals surface area contributed by atoms with Crippen LogP contribution < -0.4 is 5.73 Å². The molecular weight excluding hydrogens is 244 g/mol. The zero-order valence-corrected chi connectivity index (χ0v) is 11.4. The molecule has 5 heteroatoms. The van der Waals surface area contributed by atoms with Crippen molar-refractivity contribution in [2.45, 2.75) is 25.7 Å². The van der Waals surface area contributed by atoms with Crippen LogP contribution in [0.15, 0.2) is 17.5 Å². The lowest BCUT2D eigenvalue weighted by molar-refractivity contribution is 0.140. The van der Waals surface area contributed by atoms with Crippen LogP contribution in [0.25, 0.3) is 10.7 Å². The van der Waals surface area contributed by atoms with Crippen molar-refractivity contribution in [3.63, 3.8) is 0 Å². The Bertz CT molecular complexity index is 520. The van der Waals surface area contributed by atoms with E-state index in [0.29, 0.717) is 0 Å². The Morgan fingerprint density at radius 1 is 1.50 bits per heavy atom. The number of rotatable bonds is 4. The van der Waals surface area contributed by atoms with Gasteiger partial charge < -0.3 is 5.73 Å². The third kappa shape index (κ3) is 1.97. The van der Waals surface area contributed by atoms with Crippen LogP contribution in [-0.2, 0) is 13.5 Å². The maximum atomic E-state index is 5.91. The van der Waals surface area contributed by atoms with Gasteiger partial charge in [-0.25, -0.2) is 4.98 Å². The summed E-state index contributed by atoms with van der Waals surface area (Å²) in [6, 6.07) is 4.09. The van der Waals surface area contributed by atoms with Crippen LogP contribution in [0, 0.1) is 5.41 Å². The second-order valence-corrected chi connectivity index (χ2v) is 6.13. The van der Waals surface area contributed by atoms with Gasteiger partial charge in [-0.15, -0.1) is 11.3 Å². The van der Waals surface area contributed by atoms with E-state index in [2.05, 4.69) is 21.5 Å². The van der Waals surface area contributed by atoms with E-state index in [4.69, 9.17) is 5.73 Å². The van der Waals surface area contributed by atoms with Gasteiger partial charge in [0.2, 0.25) is 0 Å². The van der Waals surface area contributed by atoms with Gasteiger partial charge in [0.15, 0.2) is 5.82 Å². The summed E-state index contributed by atoms with van der Waals surface area (Å²) >= 11 is 1.68. The molecule has 0 unspecified atom stereocenters. The maximum Gasteiger partial charge on any atom is 0.191 e. The fourth-order valence-electron chi connectivity index (χ4n) is 2.55. The number of hydrogen-bond donors (Lipinski definition) is 1. The zero-order chi connectivity index (χ0) is 12.6. The van der Waals surface area contributed by atoms with Crippen molar-refractivity contribution in [3.8, 4) is 10.7 Å². The van der Waals surface area contributed by atoms with Crippen LogP contribution in [0.1, 0.15) is 25.1 Å². The molecule has 2 aromatic rings. The van der Waals surface area contributed by atoms with Crippen molar-refractivity contribution in [2.24, 2.45) is 18.2 Å². The second kappa shape index (κ2) is 4.48. The van der Waals surface area contributed by atoms with E-state index < -0.39 is 0 Å². The fraction of sp³-hybridized carbons (Fsp3) is 0.538. The number of nitrogens with zero attached hydrogens (tertiary/aromatic N) is 3. The first-order valence-corrected chi connectivity index (χ1v) is 7.24. The largest absolute Gasteiger partial charge is 0.330 e. The lowest BCUT2D eigenvalue weighted by Gasteiger charge is -2.40. The summed E-state index contributed by atoms with van der Waals surface area (Å²) in [5, 5.41) is 6.56. The summed E-state index contributed by atoms with van der Waals surface area (Å²) in [5.41, 5.74) is 6.20. The molecule has 0 bridgehead atoms. The van der Waals surface area contributed by atoms with E-state index in [1.54, 1.807) is 11.3 Å². The lowest BCUT2D eigenvalue weighted by atomic mass is 9.66. The fourth-order valence-corrected chi connectivity index (χ4v) is 3.20. The minimum atomic E-state index is 0.285. The van der Waals surface area contributed by atoms with Crippen molar-refractivity contribution in [1.29, 1.82) is 0 Å². The lowest BCUT2D eigenvalue weighted by Crippen LogP contribution is -2.39. The predicted molar refractivity (Wildman–Crippen MR) is 73.4 cm³/mol. The van der Waals surface area contributed by atoms with E-state index in [1.165, 1.54) is 19.3 Å². The Morgan fingerprint density at radius 3 is 2.89 bits per heavy atom. The Morgan fingerprint density at radius 2 is 2.33 bits per heavy atom. The molecule has 1 saturated carbocycles. The molecule has 18 heavy (non-hydrogen) atoms. The minimum absolute atomic E-state index is 0.285. The Hall–Kier alpha value is -1.20. The number of thiophene rings is 1. The quantitative estimate of drug-likeness (QED) is 0.919. The second-order valence-electron chi connectivity index (χ2n) is 5.19. The van der Waals surface area contributed by atoms with Gasteiger partial charge in [0.05, 0.1) is 4.88 Å².